The highest BCUT2D eigenvalue weighted by atomic mass is 16.3. The van der Waals surface area contributed by atoms with E-state index in [2.05, 4.69) is 44.3 Å². The molecule has 0 aliphatic rings. The zero-order chi connectivity index (χ0) is 25.6. The van der Waals surface area contributed by atoms with E-state index in [0.717, 1.165) is 38.6 Å². The number of phenolic OH excluding ortho intramolecular Hbond substituents is 1. The molecule has 0 bridgehead atoms. The summed E-state index contributed by atoms with van der Waals surface area (Å²) in [5.74, 6) is 0.190. The third kappa shape index (κ3) is 3.19. The topological polar surface area (TPSA) is 97.6 Å². The van der Waals surface area contributed by atoms with Gasteiger partial charge in [-0.1, -0.05) is 55.5 Å². The van der Waals surface area contributed by atoms with Crippen LogP contribution in [-0.4, -0.2) is 35.9 Å². The second-order valence-electron chi connectivity index (χ2n) is 9.24. The molecule has 2 heterocycles. The van der Waals surface area contributed by atoms with Crippen molar-refractivity contribution in [2.75, 3.05) is 0 Å². The molecule has 0 radical (unpaired) electrons. The van der Waals surface area contributed by atoms with Gasteiger partial charge >= 0.3 is 0 Å². The number of benzene rings is 3. The zero-order valence-corrected chi connectivity index (χ0v) is 21.2. The van der Waals surface area contributed by atoms with Gasteiger partial charge in [0, 0.05) is 16.3 Å². The number of nitrogens with zero attached hydrogens (tertiary/aromatic N) is 6. The van der Waals surface area contributed by atoms with Crippen LogP contribution in [0.25, 0.3) is 21.8 Å². The molecule has 180 valence electrons. The molecule has 3 aromatic carbocycles. The lowest BCUT2D eigenvalue weighted by Crippen LogP contribution is -2.36. The standard InChI is InChI=1S/C29H28N6O/c1-7-16(2)29(25-19(5)17(3)18(4)20(6)26(25)36,27-21-12-8-10-14-23(21)30-34-32-27)28-22-13-9-11-15-24(22)31-35-33-28/h8-15,36H,2,7H2,1,3-6H3. The van der Waals surface area contributed by atoms with E-state index in [1.807, 2.05) is 76.2 Å². The van der Waals surface area contributed by atoms with Crippen LogP contribution in [0.15, 0.2) is 60.7 Å². The summed E-state index contributed by atoms with van der Waals surface area (Å²) < 4.78 is 0. The van der Waals surface area contributed by atoms with Gasteiger partial charge in [-0.15, -0.1) is 20.4 Å². The predicted octanol–water partition coefficient (Wildman–Crippen LogP) is 5.60. The molecule has 0 spiro atoms. The number of rotatable bonds is 5. The third-order valence-corrected chi connectivity index (χ3v) is 7.61. The van der Waals surface area contributed by atoms with Crippen molar-refractivity contribution in [1.29, 1.82) is 0 Å². The van der Waals surface area contributed by atoms with Crippen LogP contribution in [0.2, 0.25) is 0 Å². The average Bonchev–Trinajstić information content (AvgIpc) is 2.92. The molecule has 0 aliphatic heterocycles. The molecule has 2 aromatic heterocycles. The van der Waals surface area contributed by atoms with E-state index < -0.39 is 5.41 Å². The minimum Gasteiger partial charge on any atom is -0.507 e. The number of aromatic hydroxyl groups is 1. The van der Waals surface area contributed by atoms with Crippen molar-refractivity contribution >= 4 is 21.8 Å². The van der Waals surface area contributed by atoms with Crippen molar-refractivity contribution in [1.82, 2.24) is 30.8 Å². The Hall–Kier alpha value is -4.26. The number of hydrogen-bond acceptors (Lipinski definition) is 7. The largest absolute Gasteiger partial charge is 0.507 e. The summed E-state index contributed by atoms with van der Waals surface area (Å²) in [6, 6.07) is 15.5. The van der Waals surface area contributed by atoms with Gasteiger partial charge in [-0.25, -0.2) is 0 Å². The average molecular weight is 477 g/mol. The first-order chi connectivity index (χ1) is 17.3. The normalized spacial score (nSPS) is 11.8. The van der Waals surface area contributed by atoms with Crippen molar-refractivity contribution in [2.45, 2.75) is 46.5 Å². The van der Waals surface area contributed by atoms with E-state index in [1.54, 1.807) is 0 Å². The SMILES string of the molecule is C=C(CC)C(c1c(C)c(C)c(C)c(C)c1O)(c1nnnc2ccccc12)c1nnnc2ccccc12. The van der Waals surface area contributed by atoms with Crippen molar-refractivity contribution in [3.63, 3.8) is 0 Å². The molecular weight excluding hydrogens is 448 g/mol. The summed E-state index contributed by atoms with van der Waals surface area (Å²) in [5, 5.41) is 39.7. The van der Waals surface area contributed by atoms with E-state index in [9.17, 15) is 5.11 Å². The monoisotopic (exact) mass is 476 g/mol. The molecule has 5 rings (SSSR count). The summed E-state index contributed by atoms with van der Waals surface area (Å²) in [6.07, 6.45) is 0.599. The molecule has 5 aromatic rings. The minimum absolute atomic E-state index is 0.190. The van der Waals surface area contributed by atoms with Crippen LogP contribution in [-0.2, 0) is 5.41 Å². The molecule has 0 atom stereocenters. The maximum atomic E-state index is 11.9. The number of hydrogen-bond donors (Lipinski definition) is 1. The molecule has 0 saturated carbocycles. The molecule has 0 saturated heterocycles. The van der Waals surface area contributed by atoms with Crippen molar-refractivity contribution < 1.29 is 5.11 Å². The highest BCUT2D eigenvalue weighted by Gasteiger charge is 2.48. The molecule has 7 nitrogen and oxygen atoms in total. The molecule has 0 amide bonds. The van der Waals surface area contributed by atoms with Crippen LogP contribution in [0, 0.1) is 27.7 Å². The fraction of sp³-hybridized carbons (Fsp3) is 0.241. The first-order valence-electron chi connectivity index (χ1n) is 12.0. The van der Waals surface area contributed by atoms with Gasteiger partial charge in [0.2, 0.25) is 0 Å². The first-order valence-corrected chi connectivity index (χ1v) is 12.0. The maximum Gasteiger partial charge on any atom is 0.123 e. The Morgan fingerprint density at radius 1 is 0.722 bits per heavy atom. The summed E-state index contributed by atoms with van der Waals surface area (Å²) in [4.78, 5) is 0. The Kier molecular flexibility index (Phi) is 5.71. The van der Waals surface area contributed by atoms with Crippen molar-refractivity contribution in [3.05, 3.63) is 99.9 Å². The lowest BCUT2D eigenvalue weighted by molar-refractivity contribution is 0.449. The van der Waals surface area contributed by atoms with Crippen molar-refractivity contribution in [3.8, 4) is 5.75 Å². The van der Waals surface area contributed by atoms with E-state index in [4.69, 9.17) is 0 Å². The second-order valence-corrected chi connectivity index (χ2v) is 9.24. The van der Waals surface area contributed by atoms with Gasteiger partial charge in [0.25, 0.3) is 0 Å². The third-order valence-electron chi connectivity index (χ3n) is 7.61. The van der Waals surface area contributed by atoms with E-state index in [-0.39, 0.29) is 5.75 Å². The lowest BCUT2D eigenvalue weighted by atomic mass is 9.64. The van der Waals surface area contributed by atoms with Gasteiger partial charge in [0.15, 0.2) is 0 Å². The predicted molar refractivity (Wildman–Crippen MR) is 141 cm³/mol. The maximum absolute atomic E-state index is 11.9. The van der Waals surface area contributed by atoms with Crippen LogP contribution in [0.4, 0.5) is 0 Å². The lowest BCUT2D eigenvalue weighted by Gasteiger charge is -2.38. The summed E-state index contributed by atoms with van der Waals surface area (Å²) in [7, 11) is 0. The number of aromatic nitrogens is 6. The van der Waals surface area contributed by atoms with Crippen LogP contribution in [0.5, 0.6) is 5.75 Å². The van der Waals surface area contributed by atoms with Crippen LogP contribution < -0.4 is 0 Å². The summed E-state index contributed by atoms with van der Waals surface area (Å²) in [5.41, 5.74) is 6.79. The molecule has 0 unspecified atom stereocenters. The van der Waals surface area contributed by atoms with Crippen LogP contribution >= 0.6 is 0 Å². The van der Waals surface area contributed by atoms with Gasteiger partial charge in [-0.3, -0.25) is 0 Å². The van der Waals surface area contributed by atoms with Gasteiger partial charge in [0.1, 0.15) is 11.2 Å². The van der Waals surface area contributed by atoms with E-state index >= 15 is 0 Å². The molecule has 0 aliphatic carbocycles. The van der Waals surface area contributed by atoms with E-state index in [1.165, 1.54) is 0 Å². The van der Waals surface area contributed by atoms with Gasteiger partial charge < -0.3 is 5.11 Å². The first kappa shape index (κ1) is 23.5. The van der Waals surface area contributed by atoms with Crippen LogP contribution in [0.3, 0.4) is 0 Å². The highest BCUT2D eigenvalue weighted by Crippen LogP contribution is 2.53. The Morgan fingerprint density at radius 2 is 1.19 bits per heavy atom. The molecule has 7 heteroatoms. The number of phenols is 1. The van der Waals surface area contributed by atoms with Gasteiger partial charge in [-0.05, 0) is 78.9 Å². The molecule has 36 heavy (non-hydrogen) atoms. The minimum atomic E-state index is -1.17. The Morgan fingerprint density at radius 3 is 1.69 bits per heavy atom. The Bertz CT molecular complexity index is 1540. The molecule has 1 N–H and O–H groups in total. The highest BCUT2D eigenvalue weighted by molar-refractivity contribution is 5.89. The van der Waals surface area contributed by atoms with Gasteiger partial charge in [-0.2, -0.15) is 0 Å². The second kappa shape index (κ2) is 8.75. The zero-order valence-electron chi connectivity index (χ0n) is 21.2. The Labute approximate surface area is 209 Å². The smallest absolute Gasteiger partial charge is 0.123 e. The quantitative estimate of drug-likeness (QED) is 0.330. The fourth-order valence-electron chi connectivity index (χ4n) is 5.29. The summed E-state index contributed by atoms with van der Waals surface area (Å²) >= 11 is 0. The summed E-state index contributed by atoms with van der Waals surface area (Å²) in [6.45, 7) is 14.7. The Balaban J connectivity index is 2.12. The van der Waals surface area contributed by atoms with Gasteiger partial charge in [0.05, 0.1) is 22.4 Å². The fourth-order valence-corrected chi connectivity index (χ4v) is 5.29. The van der Waals surface area contributed by atoms with Crippen LogP contribution in [0.1, 0.15) is 52.5 Å². The molecular formula is C29H28N6O. The molecule has 0 fully saturated rings. The van der Waals surface area contributed by atoms with E-state index in [0.29, 0.717) is 34.4 Å². The number of allylic oxidation sites excluding steroid dienone is 1. The number of fused-ring (bicyclic) bond motifs is 2. The van der Waals surface area contributed by atoms with Crippen molar-refractivity contribution in [2.24, 2.45) is 0 Å².